The fourth-order valence-electron chi connectivity index (χ4n) is 2.59. The minimum Gasteiger partial charge on any atom is -0.497 e. The number of hydrogen-bond acceptors (Lipinski definition) is 5. The molecule has 6 heteroatoms. The molecule has 1 aromatic heterocycles. The maximum Gasteiger partial charge on any atom is 0.316 e. The van der Waals surface area contributed by atoms with E-state index in [4.69, 9.17) is 9.47 Å². The van der Waals surface area contributed by atoms with Crippen LogP contribution in [0.3, 0.4) is 0 Å². The third kappa shape index (κ3) is 4.08. The number of benzene rings is 2. The average molecular weight is 369 g/mol. The standard InChI is InChI=1S/C20H19NO4S/c1-13(20(23)17-11-21-18-6-4-3-5-16(17)18)25-19(22)12-26-15-9-7-14(24-2)8-10-15/h3-11,13,21H,12H2,1-2H3/t13-/m0/s1. The molecule has 1 atom stereocenters. The summed E-state index contributed by atoms with van der Waals surface area (Å²) >= 11 is 1.35. The predicted molar refractivity (Wildman–Crippen MR) is 102 cm³/mol. The number of rotatable bonds is 7. The van der Waals surface area contributed by atoms with Crippen molar-refractivity contribution in [1.82, 2.24) is 4.98 Å². The topological polar surface area (TPSA) is 68.4 Å². The van der Waals surface area contributed by atoms with Gasteiger partial charge in [0.25, 0.3) is 0 Å². The highest BCUT2D eigenvalue weighted by atomic mass is 32.2. The number of nitrogens with one attached hydrogen (secondary N) is 1. The molecule has 0 saturated carbocycles. The van der Waals surface area contributed by atoms with E-state index in [9.17, 15) is 9.59 Å². The van der Waals surface area contributed by atoms with E-state index in [1.54, 1.807) is 20.2 Å². The Morgan fingerprint density at radius 3 is 2.58 bits per heavy atom. The second kappa shape index (κ2) is 8.10. The van der Waals surface area contributed by atoms with Gasteiger partial charge in [-0.15, -0.1) is 11.8 Å². The van der Waals surface area contributed by atoms with Gasteiger partial charge in [0.1, 0.15) is 5.75 Å². The van der Waals surface area contributed by atoms with E-state index < -0.39 is 12.1 Å². The van der Waals surface area contributed by atoms with Crippen molar-refractivity contribution in [2.75, 3.05) is 12.9 Å². The zero-order valence-electron chi connectivity index (χ0n) is 14.5. The first-order chi connectivity index (χ1) is 12.6. The van der Waals surface area contributed by atoms with E-state index >= 15 is 0 Å². The average Bonchev–Trinajstić information content (AvgIpc) is 3.10. The number of thioether (sulfide) groups is 1. The summed E-state index contributed by atoms with van der Waals surface area (Å²) in [5.41, 5.74) is 1.41. The fraction of sp³-hybridized carbons (Fsp3) is 0.200. The number of aromatic nitrogens is 1. The van der Waals surface area contributed by atoms with Crippen LogP contribution in [0.4, 0.5) is 0 Å². The van der Waals surface area contributed by atoms with E-state index in [0.29, 0.717) is 5.56 Å². The first-order valence-corrected chi connectivity index (χ1v) is 9.13. The molecule has 0 bridgehead atoms. The number of para-hydroxylation sites is 1. The molecular weight excluding hydrogens is 350 g/mol. The van der Waals surface area contributed by atoms with Gasteiger partial charge in [0.05, 0.1) is 12.9 Å². The van der Waals surface area contributed by atoms with Gasteiger partial charge in [-0.3, -0.25) is 9.59 Å². The summed E-state index contributed by atoms with van der Waals surface area (Å²) in [5.74, 6) is 0.254. The van der Waals surface area contributed by atoms with Crippen molar-refractivity contribution in [3.05, 3.63) is 60.3 Å². The smallest absolute Gasteiger partial charge is 0.316 e. The molecule has 3 rings (SSSR count). The Morgan fingerprint density at radius 1 is 1.12 bits per heavy atom. The van der Waals surface area contributed by atoms with E-state index in [1.807, 2.05) is 48.5 Å². The monoisotopic (exact) mass is 369 g/mol. The Hall–Kier alpha value is -2.73. The molecule has 0 saturated heterocycles. The van der Waals surface area contributed by atoms with Crippen molar-refractivity contribution in [3.8, 4) is 5.75 Å². The molecule has 0 aliphatic carbocycles. The number of H-pyrrole nitrogens is 1. The minimum absolute atomic E-state index is 0.137. The van der Waals surface area contributed by atoms with Gasteiger partial charge < -0.3 is 14.5 Å². The predicted octanol–water partition coefficient (Wildman–Crippen LogP) is 4.08. The van der Waals surface area contributed by atoms with Gasteiger partial charge in [0, 0.05) is 27.6 Å². The Morgan fingerprint density at radius 2 is 1.85 bits per heavy atom. The van der Waals surface area contributed by atoms with Gasteiger partial charge in [-0.25, -0.2) is 0 Å². The number of carbonyl (C=O) groups excluding carboxylic acids is 2. The number of aromatic amines is 1. The fourth-order valence-corrected chi connectivity index (χ4v) is 3.27. The van der Waals surface area contributed by atoms with Gasteiger partial charge in [0.2, 0.25) is 5.78 Å². The second-order valence-corrected chi connectivity index (χ2v) is 6.76. The number of ether oxygens (including phenoxy) is 2. The molecule has 0 radical (unpaired) electrons. The zero-order valence-corrected chi connectivity index (χ0v) is 15.3. The summed E-state index contributed by atoms with van der Waals surface area (Å²) in [7, 11) is 1.60. The highest BCUT2D eigenvalue weighted by Gasteiger charge is 2.22. The van der Waals surface area contributed by atoms with E-state index in [1.165, 1.54) is 11.8 Å². The van der Waals surface area contributed by atoms with Crippen LogP contribution in [0.1, 0.15) is 17.3 Å². The lowest BCUT2D eigenvalue weighted by molar-refractivity contribution is -0.143. The van der Waals surface area contributed by atoms with Gasteiger partial charge >= 0.3 is 5.97 Å². The Balaban J connectivity index is 1.57. The molecule has 5 nitrogen and oxygen atoms in total. The second-order valence-electron chi connectivity index (χ2n) is 5.71. The lowest BCUT2D eigenvalue weighted by Crippen LogP contribution is -2.25. The Kier molecular flexibility index (Phi) is 5.63. The molecule has 2 aromatic carbocycles. The van der Waals surface area contributed by atoms with Crippen molar-refractivity contribution < 1.29 is 19.1 Å². The van der Waals surface area contributed by atoms with Gasteiger partial charge in [-0.2, -0.15) is 0 Å². The van der Waals surface area contributed by atoms with Crippen LogP contribution in [0, 0.1) is 0 Å². The molecule has 3 aromatic rings. The SMILES string of the molecule is COc1ccc(SCC(=O)O[C@@H](C)C(=O)c2c[nH]c3ccccc23)cc1. The van der Waals surface area contributed by atoms with E-state index in [-0.39, 0.29) is 11.5 Å². The Labute approximate surface area is 155 Å². The quantitative estimate of drug-likeness (QED) is 0.386. The summed E-state index contributed by atoms with van der Waals surface area (Å²) < 4.78 is 10.4. The van der Waals surface area contributed by atoms with Crippen LogP contribution >= 0.6 is 11.8 Å². The van der Waals surface area contributed by atoms with Gasteiger partial charge in [-0.05, 0) is 37.3 Å². The normalized spacial score (nSPS) is 11.9. The number of methoxy groups -OCH3 is 1. The Bertz CT molecular complexity index is 917. The number of ketones is 1. The highest BCUT2D eigenvalue weighted by Crippen LogP contribution is 2.22. The maximum atomic E-state index is 12.6. The number of hydrogen-bond donors (Lipinski definition) is 1. The number of Topliss-reactive ketones (excluding diaryl/α,β-unsaturated/α-hetero) is 1. The summed E-state index contributed by atoms with van der Waals surface area (Å²) in [5, 5.41) is 0.827. The van der Waals surface area contributed by atoms with Crippen LogP contribution < -0.4 is 4.74 Å². The molecular formula is C20H19NO4S. The molecule has 0 spiro atoms. The lowest BCUT2D eigenvalue weighted by Gasteiger charge is -2.12. The van der Waals surface area contributed by atoms with Gasteiger partial charge in [0.15, 0.2) is 6.10 Å². The number of fused-ring (bicyclic) bond motifs is 1. The third-order valence-corrected chi connectivity index (χ3v) is 4.93. The largest absolute Gasteiger partial charge is 0.497 e. The van der Waals surface area contributed by atoms with Crippen LogP contribution in [0.25, 0.3) is 10.9 Å². The summed E-state index contributed by atoms with van der Waals surface area (Å²) in [6.45, 7) is 1.60. The van der Waals surface area contributed by atoms with Gasteiger partial charge in [-0.1, -0.05) is 18.2 Å². The molecule has 1 heterocycles. The minimum atomic E-state index is -0.835. The van der Waals surface area contributed by atoms with E-state index in [0.717, 1.165) is 21.5 Å². The summed E-state index contributed by atoms with van der Waals surface area (Å²) in [6.07, 6.45) is 0.821. The van der Waals surface area contributed by atoms with Crippen molar-refractivity contribution in [2.45, 2.75) is 17.9 Å². The van der Waals surface area contributed by atoms with Crippen LogP contribution in [0.5, 0.6) is 5.75 Å². The maximum absolute atomic E-state index is 12.6. The molecule has 0 fully saturated rings. The molecule has 1 N–H and O–H groups in total. The molecule has 0 unspecified atom stereocenters. The first kappa shape index (κ1) is 18.1. The van der Waals surface area contributed by atoms with Crippen molar-refractivity contribution >= 4 is 34.4 Å². The molecule has 134 valence electrons. The first-order valence-electron chi connectivity index (χ1n) is 8.15. The van der Waals surface area contributed by atoms with Crippen molar-refractivity contribution in [1.29, 1.82) is 0 Å². The van der Waals surface area contributed by atoms with E-state index in [2.05, 4.69) is 4.98 Å². The van der Waals surface area contributed by atoms with Crippen molar-refractivity contribution in [3.63, 3.8) is 0 Å². The third-order valence-electron chi connectivity index (χ3n) is 3.95. The summed E-state index contributed by atoms with van der Waals surface area (Å²) in [6, 6.07) is 14.9. The molecule has 0 aliphatic heterocycles. The van der Waals surface area contributed by atoms with Crippen molar-refractivity contribution in [2.24, 2.45) is 0 Å². The highest BCUT2D eigenvalue weighted by molar-refractivity contribution is 8.00. The molecule has 0 aliphatic rings. The molecule has 26 heavy (non-hydrogen) atoms. The molecule has 0 amide bonds. The van der Waals surface area contributed by atoms with Crippen LogP contribution in [0.2, 0.25) is 0 Å². The lowest BCUT2D eigenvalue weighted by atomic mass is 10.1. The van der Waals surface area contributed by atoms with Crippen LogP contribution in [0.15, 0.2) is 59.6 Å². The number of esters is 1. The summed E-state index contributed by atoms with van der Waals surface area (Å²) in [4.78, 5) is 28.6. The van der Waals surface area contributed by atoms with Crippen LogP contribution in [-0.2, 0) is 9.53 Å². The van der Waals surface area contributed by atoms with Crippen LogP contribution in [-0.4, -0.2) is 35.7 Å². The number of carbonyl (C=O) groups is 2. The zero-order chi connectivity index (χ0) is 18.5.